The Morgan fingerprint density at radius 3 is 2.06 bits per heavy atom. The molecule has 0 saturated carbocycles. The molecular weight excluding hydrogens is 220 g/mol. The van der Waals surface area contributed by atoms with E-state index < -0.39 is 11.9 Å². The highest BCUT2D eigenvalue weighted by Crippen LogP contribution is 2.05. The quantitative estimate of drug-likeness (QED) is 0.367. The molecule has 0 aromatic rings. The van der Waals surface area contributed by atoms with Gasteiger partial charge >= 0.3 is 11.9 Å². The fraction of sp³-hybridized carbons (Fsp3) is 0.231. The van der Waals surface area contributed by atoms with Crippen LogP contribution in [0, 0.1) is 0 Å². The number of allylic oxidation sites excluding steroid dienone is 1. The maximum absolute atomic E-state index is 11.5. The van der Waals surface area contributed by atoms with Crippen molar-refractivity contribution in [3.63, 3.8) is 0 Å². The predicted molar refractivity (Wildman–Crippen MR) is 65.2 cm³/mol. The standard InChI is InChI=1S/C13H16O4/c1-4-7-11(13(15)17-9-6-3)10-12(14)16-8-5-2/h4-6,10H,1-3,7-9H2/b11-10-. The Balaban J connectivity index is 4.57. The van der Waals surface area contributed by atoms with E-state index in [0.29, 0.717) is 0 Å². The lowest BCUT2D eigenvalue weighted by Gasteiger charge is -2.04. The average molecular weight is 236 g/mol. The Hall–Kier alpha value is -2.10. The monoisotopic (exact) mass is 236 g/mol. The van der Waals surface area contributed by atoms with Crippen molar-refractivity contribution in [3.8, 4) is 0 Å². The first-order valence-electron chi connectivity index (χ1n) is 5.02. The molecule has 0 aliphatic heterocycles. The Labute approximate surface area is 101 Å². The molecule has 92 valence electrons. The number of hydrogen-bond acceptors (Lipinski definition) is 4. The molecule has 0 saturated heterocycles. The van der Waals surface area contributed by atoms with Crippen LogP contribution in [-0.4, -0.2) is 25.2 Å². The van der Waals surface area contributed by atoms with Crippen LogP contribution in [-0.2, 0) is 19.1 Å². The molecule has 0 spiro atoms. The van der Waals surface area contributed by atoms with E-state index in [-0.39, 0.29) is 25.2 Å². The zero-order valence-corrected chi connectivity index (χ0v) is 9.69. The second kappa shape index (κ2) is 9.15. The van der Waals surface area contributed by atoms with Gasteiger partial charge in [-0.2, -0.15) is 0 Å². The van der Waals surface area contributed by atoms with Gasteiger partial charge in [0.1, 0.15) is 13.2 Å². The molecule has 0 N–H and O–H groups in total. The Morgan fingerprint density at radius 1 is 0.941 bits per heavy atom. The van der Waals surface area contributed by atoms with E-state index in [0.717, 1.165) is 6.08 Å². The number of ether oxygens (including phenoxy) is 2. The molecule has 0 rings (SSSR count). The highest BCUT2D eigenvalue weighted by molar-refractivity contribution is 5.96. The van der Waals surface area contributed by atoms with Crippen LogP contribution in [0.25, 0.3) is 0 Å². The van der Waals surface area contributed by atoms with E-state index in [9.17, 15) is 9.59 Å². The van der Waals surface area contributed by atoms with Crippen LogP contribution in [0.15, 0.2) is 49.6 Å². The second-order valence-corrected chi connectivity index (χ2v) is 2.97. The topological polar surface area (TPSA) is 52.6 Å². The summed E-state index contributed by atoms with van der Waals surface area (Å²) in [6.07, 6.45) is 5.71. The first-order chi connectivity index (χ1) is 8.15. The van der Waals surface area contributed by atoms with Crippen molar-refractivity contribution in [2.24, 2.45) is 0 Å². The number of rotatable bonds is 8. The van der Waals surface area contributed by atoms with Gasteiger partial charge < -0.3 is 9.47 Å². The first kappa shape index (κ1) is 14.9. The SMILES string of the molecule is C=CCOC(=O)/C=C(/CC=C)C(=O)OCC=C. The molecule has 0 bridgehead atoms. The van der Waals surface area contributed by atoms with E-state index in [2.05, 4.69) is 19.7 Å². The van der Waals surface area contributed by atoms with E-state index >= 15 is 0 Å². The predicted octanol–water partition coefficient (Wildman–Crippen LogP) is 1.95. The highest BCUT2D eigenvalue weighted by Gasteiger charge is 2.11. The fourth-order valence-electron chi connectivity index (χ4n) is 0.909. The smallest absolute Gasteiger partial charge is 0.334 e. The molecule has 0 aliphatic carbocycles. The van der Waals surface area contributed by atoms with Crippen molar-refractivity contribution in [3.05, 3.63) is 49.6 Å². The minimum absolute atomic E-state index is 0.0923. The third-order valence-corrected chi connectivity index (χ3v) is 1.59. The second-order valence-electron chi connectivity index (χ2n) is 2.97. The van der Waals surface area contributed by atoms with Crippen LogP contribution in [0.2, 0.25) is 0 Å². The summed E-state index contributed by atoms with van der Waals surface area (Å²) in [7, 11) is 0. The Bertz CT molecular complexity index is 339. The molecule has 0 fully saturated rings. The summed E-state index contributed by atoms with van der Waals surface area (Å²) in [6, 6.07) is 0. The normalized spacial score (nSPS) is 10.2. The zero-order valence-electron chi connectivity index (χ0n) is 9.69. The lowest BCUT2D eigenvalue weighted by molar-refractivity contribution is -0.140. The molecule has 17 heavy (non-hydrogen) atoms. The number of carbonyl (C=O) groups is 2. The first-order valence-corrected chi connectivity index (χ1v) is 5.02. The van der Waals surface area contributed by atoms with Crippen molar-refractivity contribution in [1.29, 1.82) is 0 Å². The molecule has 0 aliphatic rings. The summed E-state index contributed by atoms with van der Waals surface area (Å²) in [4.78, 5) is 22.7. The van der Waals surface area contributed by atoms with E-state index in [1.807, 2.05) is 0 Å². The van der Waals surface area contributed by atoms with Gasteiger partial charge in [0, 0.05) is 11.6 Å². The van der Waals surface area contributed by atoms with Crippen molar-refractivity contribution < 1.29 is 19.1 Å². The minimum atomic E-state index is -0.614. The summed E-state index contributed by atoms with van der Waals surface area (Å²) in [5, 5.41) is 0. The van der Waals surface area contributed by atoms with Crippen LogP contribution in [0.5, 0.6) is 0 Å². The summed E-state index contributed by atoms with van der Waals surface area (Å²) in [5.41, 5.74) is 0.191. The van der Waals surface area contributed by atoms with Crippen LogP contribution in [0.3, 0.4) is 0 Å². The molecule has 0 radical (unpaired) electrons. The number of hydrogen-bond donors (Lipinski definition) is 0. The molecule has 0 heterocycles. The summed E-state index contributed by atoms with van der Waals surface area (Å²) in [6.45, 7) is 10.5. The number of esters is 2. The van der Waals surface area contributed by atoms with E-state index in [4.69, 9.17) is 9.47 Å². The van der Waals surface area contributed by atoms with Gasteiger partial charge in [-0.25, -0.2) is 9.59 Å². The summed E-state index contributed by atoms with van der Waals surface area (Å²) >= 11 is 0. The molecular formula is C13H16O4. The summed E-state index contributed by atoms with van der Waals surface area (Å²) < 4.78 is 9.54. The van der Waals surface area contributed by atoms with Crippen molar-refractivity contribution in [2.45, 2.75) is 6.42 Å². The maximum atomic E-state index is 11.5. The van der Waals surface area contributed by atoms with Crippen LogP contribution < -0.4 is 0 Å². The van der Waals surface area contributed by atoms with Gasteiger partial charge in [-0.05, 0) is 6.42 Å². The van der Waals surface area contributed by atoms with Crippen molar-refractivity contribution in [2.75, 3.05) is 13.2 Å². The average Bonchev–Trinajstić information content (AvgIpc) is 2.32. The Kier molecular flexibility index (Phi) is 8.02. The third-order valence-electron chi connectivity index (χ3n) is 1.59. The highest BCUT2D eigenvalue weighted by atomic mass is 16.5. The van der Waals surface area contributed by atoms with Crippen molar-refractivity contribution in [1.82, 2.24) is 0 Å². The van der Waals surface area contributed by atoms with Gasteiger partial charge in [0.25, 0.3) is 0 Å². The third kappa shape index (κ3) is 6.89. The molecule has 0 unspecified atom stereocenters. The van der Waals surface area contributed by atoms with Gasteiger partial charge in [-0.3, -0.25) is 0 Å². The largest absolute Gasteiger partial charge is 0.458 e. The van der Waals surface area contributed by atoms with Gasteiger partial charge in [0.2, 0.25) is 0 Å². The van der Waals surface area contributed by atoms with E-state index in [1.54, 1.807) is 0 Å². The molecule has 0 aromatic carbocycles. The molecule has 4 heteroatoms. The molecule has 0 atom stereocenters. The lowest BCUT2D eigenvalue weighted by atomic mass is 10.2. The van der Waals surface area contributed by atoms with Crippen LogP contribution >= 0.6 is 0 Å². The lowest BCUT2D eigenvalue weighted by Crippen LogP contribution is -2.11. The van der Waals surface area contributed by atoms with Crippen LogP contribution in [0.4, 0.5) is 0 Å². The zero-order chi connectivity index (χ0) is 13.1. The fourth-order valence-corrected chi connectivity index (χ4v) is 0.909. The molecule has 0 aromatic heterocycles. The van der Waals surface area contributed by atoms with E-state index in [1.165, 1.54) is 18.2 Å². The van der Waals surface area contributed by atoms with Gasteiger partial charge in [0.05, 0.1) is 0 Å². The van der Waals surface area contributed by atoms with Gasteiger partial charge in [0.15, 0.2) is 0 Å². The van der Waals surface area contributed by atoms with Crippen LogP contribution in [0.1, 0.15) is 6.42 Å². The van der Waals surface area contributed by atoms with Crippen molar-refractivity contribution >= 4 is 11.9 Å². The van der Waals surface area contributed by atoms with Gasteiger partial charge in [-0.1, -0.05) is 31.4 Å². The maximum Gasteiger partial charge on any atom is 0.334 e. The van der Waals surface area contributed by atoms with Gasteiger partial charge in [-0.15, -0.1) is 6.58 Å². The Morgan fingerprint density at radius 2 is 1.53 bits per heavy atom. The molecule has 0 amide bonds. The summed E-state index contributed by atoms with van der Waals surface area (Å²) in [5.74, 6) is -1.20. The number of carbonyl (C=O) groups excluding carboxylic acids is 2. The minimum Gasteiger partial charge on any atom is -0.458 e. The molecule has 4 nitrogen and oxygen atoms in total.